The standard InChI is InChI=1S/C33H32N4O10/c1-33-27(43-3)18(35(2)31(41)45-30-19(38)13-44-32(42)46-30)12-20(47-33)36-16-10-6-4-8-14(16)21-23-24(29(40)34-28(23)39)22-15-9-5-7-11-17(15)37(33)26(22)25(21)36/h4-11,18-20,27,29-30,32,38,40,42H,12-13H2,1-3H3,(H,34,39)/t18-,19?,20-,27-,29?,30?,32?,33+/m1/s1. The van der Waals surface area contributed by atoms with Crippen molar-refractivity contribution in [1.82, 2.24) is 19.4 Å². The maximum absolute atomic E-state index is 13.7. The molecule has 5 aromatic rings. The van der Waals surface area contributed by atoms with Crippen LogP contribution in [0.25, 0.3) is 43.6 Å². The minimum atomic E-state index is -1.65. The lowest BCUT2D eigenvalue weighted by molar-refractivity contribution is -0.372. The number of nitrogens with one attached hydrogen (secondary N) is 1. The molecule has 4 aliphatic rings. The number of ether oxygens (including phenoxy) is 5. The van der Waals surface area contributed by atoms with E-state index in [0.29, 0.717) is 16.5 Å². The molecule has 2 saturated heterocycles. The number of hydrogen-bond donors (Lipinski definition) is 4. The van der Waals surface area contributed by atoms with Crippen LogP contribution in [0, 0.1) is 0 Å². The number of carbonyl (C=O) groups excluding carboxylic acids is 2. The van der Waals surface area contributed by atoms with Gasteiger partial charge in [-0.05, 0) is 19.1 Å². The van der Waals surface area contributed by atoms with Gasteiger partial charge in [0.05, 0.1) is 40.3 Å². The summed E-state index contributed by atoms with van der Waals surface area (Å²) in [5.74, 6) is -0.355. The summed E-state index contributed by atoms with van der Waals surface area (Å²) in [6.07, 6.45) is -5.90. The zero-order chi connectivity index (χ0) is 32.5. The molecule has 0 radical (unpaired) electrons. The summed E-state index contributed by atoms with van der Waals surface area (Å²) >= 11 is 0. The number of para-hydroxylation sites is 2. The molecule has 244 valence electrons. The topological polar surface area (TPSA) is 166 Å². The van der Waals surface area contributed by atoms with Gasteiger partial charge in [0, 0.05) is 47.7 Å². The molecule has 6 heterocycles. The zero-order valence-electron chi connectivity index (χ0n) is 25.6. The molecule has 2 amide bonds. The molecular formula is C33H32N4O10. The van der Waals surface area contributed by atoms with Gasteiger partial charge in [-0.3, -0.25) is 9.53 Å². The summed E-state index contributed by atoms with van der Waals surface area (Å²) in [7, 11) is 3.14. The molecule has 0 spiro atoms. The Bertz CT molecular complexity index is 2160. The lowest BCUT2D eigenvalue weighted by atomic mass is 9.92. The van der Waals surface area contributed by atoms with Crippen LogP contribution < -0.4 is 5.32 Å². The molecule has 14 heteroatoms. The van der Waals surface area contributed by atoms with E-state index in [0.717, 1.165) is 38.2 Å². The largest absolute Gasteiger partial charge is 0.416 e. The highest BCUT2D eigenvalue weighted by Crippen LogP contribution is 2.55. The molecule has 4 N–H and O–H groups in total. The predicted molar refractivity (Wildman–Crippen MR) is 165 cm³/mol. The van der Waals surface area contributed by atoms with Crippen LogP contribution in [0.3, 0.4) is 0 Å². The quantitative estimate of drug-likeness (QED) is 0.229. The molecule has 3 aromatic carbocycles. The van der Waals surface area contributed by atoms with E-state index >= 15 is 0 Å². The van der Waals surface area contributed by atoms with Crippen molar-refractivity contribution in [2.75, 3.05) is 20.8 Å². The monoisotopic (exact) mass is 644 g/mol. The van der Waals surface area contributed by atoms with Gasteiger partial charge in [0.2, 0.25) is 6.29 Å². The first kappa shape index (κ1) is 28.9. The average molecular weight is 645 g/mol. The fourth-order valence-electron chi connectivity index (χ4n) is 8.36. The van der Waals surface area contributed by atoms with Crippen molar-refractivity contribution in [3.05, 3.63) is 59.7 Å². The molecule has 14 nitrogen and oxygen atoms in total. The number of aliphatic hydroxyl groups is 3. The molecule has 4 aliphatic heterocycles. The summed E-state index contributed by atoms with van der Waals surface area (Å²) in [6.45, 7) is -0.00291. The molecule has 0 saturated carbocycles. The van der Waals surface area contributed by atoms with E-state index in [1.54, 1.807) is 14.2 Å². The molecule has 2 bridgehead atoms. The predicted octanol–water partition coefficient (Wildman–Crippen LogP) is 2.70. The van der Waals surface area contributed by atoms with Crippen LogP contribution in [0.4, 0.5) is 4.79 Å². The first-order valence-electron chi connectivity index (χ1n) is 15.4. The van der Waals surface area contributed by atoms with Gasteiger partial charge in [0.25, 0.3) is 12.4 Å². The van der Waals surface area contributed by atoms with E-state index in [9.17, 15) is 24.9 Å². The Morgan fingerprint density at radius 1 is 1.04 bits per heavy atom. The van der Waals surface area contributed by atoms with Gasteiger partial charge in [0.15, 0.2) is 12.0 Å². The summed E-state index contributed by atoms with van der Waals surface area (Å²) in [6, 6.07) is 14.9. The van der Waals surface area contributed by atoms with E-state index in [1.165, 1.54) is 4.90 Å². The molecule has 2 fully saturated rings. The maximum atomic E-state index is 13.7. The van der Waals surface area contributed by atoms with Gasteiger partial charge in [-0.1, -0.05) is 36.4 Å². The number of methoxy groups -OCH3 is 1. The van der Waals surface area contributed by atoms with Crippen molar-refractivity contribution < 1.29 is 48.6 Å². The highest BCUT2D eigenvalue weighted by atomic mass is 16.9. The van der Waals surface area contributed by atoms with Gasteiger partial charge >= 0.3 is 6.09 Å². The molecular weight excluding hydrogens is 612 g/mol. The van der Waals surface area contributed by atoms with Crippen molar-refractivity contribution in [3.63, 3.8) is 0 Å². The second kappa shape index (κ2) is 9.87. The van der Waals surface area contributed by atoms with Gasteiger partial charge in [-0.2, -0.15) is 0 Å². The molecule has 9 rings (SSSR count). The lowest BCUT2D eigenvalue weighted by Gasteiger charge is -2.50. The smallest absolute Gasteiger partial charge is 0.412 e. The first-order valence-corrected chi connectivity index (χ1v) is 15.4. The molecule has 8 atom stereocenters. The van der Waals surface area contributed by atoms with Crippen molar-refractivity contribution >= 4 is 55.6 Å². The molecule has 0 aliphatic carbocycles. The first-order chi connectivity index (χ1) is 22.6. The summed E-state index contributed by atoms with van der Waals surface area (Å²) in [4.78, 5) is 28.7. The van der Waals surface area contributed by atoms with Gasteiger partial charge in [-0.25, -0.2) is 4.79 Å². The van der Waals surface area contributed by atoms with E-state index in [2.05, 4.69) is 14.5 Å². The number of benzene rings is 3. The van der Waals surface area contributed by atoms with E-state index < -0.39 is 55.3 Å². The molecule has 2 aromatic heterocycles. The Morgan fingerprint density at radius 3 is 2.49 bits per heavy atom. The van der Waals surface area contributed by atoms with E-state index in [-0.39, 0.29) is 18.9 Å². The number of likely N-dealkylation sites (N-methyl/N-ethyl adjacent to an activating group) is 1. The SMILES string of the molecule is CO[C@@H]1[C@H](N(C)C(=O)OC2OC(O)OCC2O)C[C@H]2O[C@]1(C)n1c3ccccc3c3c4c(c5c6ccccc6n2c5c31)C(=O)NC4O. The van der Waals surface area contributed by atoms with Crippen LogP contribution in [0.15, 0.2) is 48.5 Å². The van der Waals surface area contributed by atoms with Gasteiger partial charge in [-0.15, -0.1) is 0 Å². The number of fused-ring (bicyclic) bond motifs is 13. The van der Waals surface area contributed by atoms with Crippen LogP contribution >= 0.6 is 0 Å². The van der Waals surface area contributed by atoms with Crippen LogP contribution in [0.5, 0.6) is 0 Å². The third-order valence-corrected chi connectivity index (χ3v) is 10.2. The van der Waals surface area contributed by atoms with Crippen molar-refractivity contribution in [1.29, 1.82) is 0 Å². The summed E-state index contributed by atoms with van der Waals surface area (Å²) in [5.41, 5.74) is 2.89. The van der Waals surface area contributed by atoms with Crippen LogP contribution in [0.1, 0.15) is 41.7 Å². The van der Waals surface area contributed by atoms with E-state index in [1.807, 2.05) is 55.5 Å². The van der Waals surface area contributed by atoms with Crippen molar-refractivity contribution in [3.8, 4) is 0 Å². The average Bonchev–Trinajstić information content (AvgIpc) is 3.66. The third kappa shape index (κ3) is 3.68. The number of amides is 2. The number of hydrogen-bond acceptors (Lipinski definition) is 10. The Labute approximate surface area is 266 Å². The normalized spacial score (nSPS) is 31.4. The minimum Gasteiger partial charge on any atom is -0.416 e. The second-order valence-corrected chi connectivity index (χ2v) is 12.6. The lowest BCUT2D eigenvalue weighted by Crippen LogP contribution is -2.61. The van der Waals surface area contributed by atoms with Crippen LogP contribution in [-0.4, -0.2) is 93.1 Å². The van der Waals surface area contributed by atoms with Crippen molar-refractivity contribution in [2.24, 2.45) is 0 Å². The zero-order valence-corrected chi connectivity index (χ0v) is 25.6. The molecule has 4 unspecified atom stereocenters. The third-order valence-electron chi connectivity index (χ3n) is 10.2. The number of aliphatic hydroxyl groups excluding tert-OH is 3. The Balaban J connectivity index is 1.32. The molecule has 47 heavy (non-hydrogen) atoms. The maximum Gasteiger partial charge on any atom is 0.412 e. The Morgan fingerprint density at radius 2 is 1.74 bits per heavy atom. The number of aromatic nitrogens is 2. The minimum absolute atomic E-state index is 0.267. The fraction of sp³-hybridized carbons (Fsp3) is 0.394. The Hall–Kier alpha value is -4.28. The van der Waals surface area contributed by atoms with Gasteiger partial charge in [0.1, 0.15) is 18.4 Å². The fourth-order valence-corrected chi connectivity index (χ4v) is 8.36. The second-order valence-electron chi connectivity index (χ2n) is 12.6. The van der Waals surface area contributed by atoms with Crippen molar-refractivity contribution in [2.45, 2.75) is 62.5 Å². The van der Waals surface area contributed by atoms with Crippen LogP contribution in [-0.2, 0) is 29.4 Å². The number of carbonyl (C=O) groups is 2. The number of rotatable bonds is 3. The summed E-state index contributed by atoms with van der Waals surface area (Å²) < 4.78 is 33.0. The van der Waals surface area contributed by atoms with E-state index in [4.69, 9.17) is 23.7 Å². The van der Waals surface area contributed by atoms with Crippen LogP contribution in [0.2, 0.25) is 0 Å². The Kier molecular flexibility index (Phi) is 6.07. The highest BCUT2D eigenvalue weighted by molar-refractivity contribution is 6.31. The summed E-state index contributed by atoms with van der Waals surface area (Å²) in [5, 5.41) is 37.2. The highest BCUT2D eigenvalue weighted by Gasteiger charge is 2.55. The number of nitrogens with zero attached hydrogens (tertiary/aromatic N) is 3. The van der Waals surface area contributed by atoms with Gasteiger partial charge < -0.3 is 53.6 Å².